The monoisotopic (exact) mass is 497 g/mol. The highest BCUT2D eigenvalue weighted by atomic mass is 79.9. The number of hydrogen-bond acceptors (Lipinski definition) is 5. The van der Waals surface area contributed by atoms with Crippen LogP contribution in [0, 0.1) is 0 Å². The van der Waals surface area contributed by atoms with Gasteiger partial charge in [0.1, 0.15) is 0 Å². The molecule has 1 heterocycles. The van der Waals surface area contributed by atoms with Gasteiger partial charge in [-0.3, -0.25) is 9.69 Å². The molecule has 0 N–H and O–H groups in total. The van der Waals surface area contributed by atoms with Crippen LogP contribution in [0.1, 0.15) is 19.4 Å². The topological polar surface area (TPSA) is 38.8 Å². The van der Waals surface area contributed by atoms with E-state index in [2.05, 4.69) is 15.9 Å². The molecule has 3 rings (SSSR count). The van der Waals surface area contributed by atoms with Crippen LogP contribution in [0.15, 0.2) is 45.8 Å². The lowest BCUT2D eigenvalue weighted by atomic mass is 10.1. The third-order valence-corrected chi connectivity index (χ3v) is 5.91. The van der Waals surface area contributed by atoms with Crippen LogP contribution in [-0.2, 0) is 4.79 Å². The number of ether oxygens (including phenoxy) is 2. The van der Waals surface area contributed by atoms with Gasteiger partial charge in [-0.2, -0.15) is 0 Å². The van der Waals surface area contributed by atoms with Crippen molar-refractivity contribution in [1.82, 2.24) is 0 Å². The molecular weight excluding hydrogens is 482 g/mol. The van der Waals surface area contributed by atoms with E-state index in [1.807, 2.05) is 44.2 Å². The Balaban J connectivity index is 1.94. The molecule has 0 atom stereocenters. The molecule has 0 bridgehead atoms. The van der Waals surface area contributed by atoms with Crippen molar-refractivity contribution in [1.29, 1.82) is 0 Å². The van der Waals surface area contributed by atoms with Crippen molar-refractivity contribution in [2.24, 2.45) is 0 Å². The standard InChI is InChI=1S/C20H17BrClNO3S2/c1-3-25-16-10-12(9-15(22)18(16)26-4-2)11-17-19(24)23(20(27)28-17)14-7-5-13(21)6-8-14/h5-11H,3-4H2,1-2H3/b17-11+. The fraction of sp³-hybridized carbons (Fsp3) is 0.200. The predicted molar refractivity (Wildman–Crippen MR) is 124 cm³/mol. The van der Waals surface area contributed by atoms with E-state index in [9.17, 15) is 4.79 Å². The van der Waals surface area contributed by atoms with Crippen molar-refractivity contribution in [2.75, 3.05) is 18.1 Å². The summed E-state index contributed by atoms with van der Waals surface area (Å²) in [6, 6.07) is 11.0. The maximum Gasteiger partial charge on any atom is 0.270 e. The molecule has 1 fully saturated rings. The van der Waals surface area contributed by atoms with E-state index < -0.39 is 0 Å². The number of rotatable bonds is 6. The fourth-order valence-corrected chi connectivity index (χ4v) is 4.49. The second kappa shape index (κ2) is 9.31. The zero-order valence-corrected chi connectivity index (χ0v) is 19.2. The average Bonchev–Trinajstić information content (AvgIpc) is 2.93. The quantitative estimate of drug-likeness (QED) is 0.345. The first-order valence-electron chi connectivity index (χ1n) is 8.57. The molecule has 28 heavy (non-hydrogen) atoms. The average molecular weight is 499 g/mol. The summed E-state index contributed by atoms with van der Waals surface area (Å²) in [5, 5.41) is 0.433. The maximum absolute atomic E-state index is 12.9. The van der Waals surface area contributed by atoms with Crippen LogP contribution in [0.5, 0.6) is 11.5 Å². The van der Waals surface area contributed by atoms with Crippen molar-refractivity contribution in [2.45, 2.75) is 13.8 Å². The molecule has 0 radical (unpaired) electrons. The number of anilines is 1. The number of carbonyl (C=O) groups is 1. The molecule has 1 aliphatic rings. The molecule has 2 aromatic rings. The predicted octanol–water partition coefficient (Wildman–Crippen LogP) is 6.31. The summed E-state index contributed by atoms with van der Waals surface area (Å²) in [6.07, 6.45) is 1.77. The zero-order valence-electron chi connectivity index (χ0n) is 15.2. The van der Waals surface area contributed by atoms with Gasteiger partial charge in [0.2, 0.25) is 0 Å². The van der Waals surface area contributed by atoms with E-state index in [0.29, 0.717) is 39.0 Å². The third-order valence-electron chi connectivity index (χ3n) is 3.80. The smallest absolute Gasteiger partial charge is 0.270 e. The lowest BCUT2D eigenvalue weighted by molar-refractivity contribution is -0.113. The second-order valence-corrected chi connectivity index (χ2v) is 8.69. The van der Waals surface area contributed by atoms with E-state index in [-0.39, 0.29) is 5.91 Å². The van der Waals surface area contributed by atoms with Crippen LogP contribution in [0.25, 0.3) is 6.08 Å². The normalized spacial score (nSPS) is 15.4. The molecule has 1 aliphatic heterocycles. The van der Waals surface area contributed by atoms with E-state index in [0.717, 1.165) is 15.7 Å². The minimum Gasteiger partial charge on any atom is -0.490 e. The minimum absolute atomic E-state index is 0.166. The number of hydrogen-bond donors (Lipinski definition) is 0. The summed E-state index contributed by atoms with van der Waals surface area (Å²) in [7, 11) is 0. The molecular formula is C20H17BrClNO3S2. The number of nitrogens with zero attached hydrogens (tertiary/aromatic N) is 1. The molecule has 1 saturated heterocycles. The summed E-state index contributed by atoms with van der Waals surface area (Å²) >= 11 is 16.4. The van der Waals surface area contributed by atoms with Crippen LogP contribution in [0.4, 0.5) is 5.69 Å². The molecule has 1 amide bonds. The van der Waals surface area contributed by atoms with Gasteiger partial charge >= 0.3 is 0 Å². The highest BCUT2D eigenvalue weighted by Gasteiger charge is 2.33. The Bertz CT molecular complexity index is 947. The van der Waals surface area contributed by atoms with Gasteiger partial charge in [0.25, 0.3) is 5.91 Å². The van der Waals surface area contributed by atoms with E-state index in [4.69, 9.17) is 33.3 Å². The van der Waals surface area contributed by atoms with Crippen LogP contribution in [0.3, 0.4) is 0 Å². The number of thiocarbonyl (C=S) groups is 1. The summed E-state index contributed by atoms with van der Waals surface area (Å²) in [4.78, 5) is 15.0. The first kappa shape index (κ1) is 21.2. The molecule has 146 valence electrons. The van der Waals surface area contributed by atoms with Crippen molar-refractivity contribution in [3.63, 3.8) is 0 Å². The molecule has 2 aromatic carbocycles. The second-order valence-electron chi connectivity index (χ2n) is 5.69. The number of benzene rings is 2. The van der Waals surface area contributed by atoms with Gasteiger partial charge in [-0.25, -0.2) is 0 Å². The number of thioether (sulfide) groups is 1. The Morgan fingerprint density at radius 1 is 1.18 bits per heavy atom. The van der Waals surface area contributed by atoms with Gasteiger partial charge in [0.15, 0.2) is 15.8 Å². The van der Waals surface area contributed by atoms with Crippen LogP contribution in [0.2, 0.25) is 5.02 Å². The molecule has 0 unspecified atom stereocenters. The van der Waals surface area contributed by atoms with Crippen LogP contribution in [-0.4, -0.2) is 23.4 Å². The van der Waals surface area contributed by atoms with Crippen molar-refractivity contribution >= 4 is 73.5 Å². The van der Waals surface area contributed by atoms with Gasteiger partial charge in [0, 0.05) is 4.47 Å². The third kappa shape index (κ3) is 4.54. The maximum atomic E-state index is 12.9. The SMILES string of the molecule is CCOc1cc(/C=C2/SC(=S)N(c3ccc(Br)cc3)C2=O)cc(Cl)c1OCC. The highest BCUT2D eigenvalue weighted by molar-refractivity contribution is 9.10. The van der Waals surface area contributed by atoms with E-state index >= 15 is 0 Å². The first-order chi connectivity index (χ1) is 13.4. The Hall–Kier alpha value is -1.54. The van der Waals surface area contributed by atoms with Crippen LogP contribution >= 0.6 is 51.5 Å². The molecule has 8 heteroatoms. The first-order valence-corrected chi connectivity index (χ1v) is 11.0. The molecule has 0 spiro atoms. The van der Waals surface area contributed by atoms with Crippen molar-refractivity contribution in [3.05, 3.63) is 56.4 Å². The Labute approximate surface area is 187 Å². The van der Waals surface area contributed by atoms with Crippen molar-refractivity contribution in [3.8, 4) is 11.5 Å². The minimum atomic E-state index is -0.166. The van der Waals surface area contributed by atoms with E-state index in [1.54, 1.807) is 12.1 Å². The van der Waals surface area contributed by atoms with Gasteiger partial charge in [-0.15, -0.1) is 0 Å². The molecule has 4 nitrogen and oxygen atoms in total. The fourth-order valence-electron chi connectivity index (χ4n) is 2.65. The Kier molecular flexibility index (Phi) is 7.04. The van der Waals surface area contributed by atoms with Gasteiger partial charge in [0.05, 0.1) is 28.8 Å². The highest BCUT2D eigenvalue weighted by Crippen LogP contribution is 2.40. The summed E-state index contributed by atoms with van der Waals surface area (Å²) in [5.41, 5.74) is 1.47. The number of carbonyl (C=O) groups excluding carboxylic acids is 1. The lowest BCUT2D eigenvalue weighted by Gasteiger charge is -2.14. The lowest BCUT2D eigenvalue weighted by Crippen LogP contribution is -2.27. The number of halogens is 2. The summed E-state index contributed by atoms with van der Waals surface area (Å²) in [5.74, 6) is 0.886. The van der Waals surface area contributed by atoms with Gasteiger partial charge in [-0.05, 0) is 61.9 Å². The molecule has 0 saturated carbocycles. The number of amides is 1. The van der Waals surface area contributed by atoms with Gasteiger partial charge < -0.3 is 9.47 Å². The van der Waals surface area contributed by atoms with Crippen LogP contribution < -0.4 is 14.4 Å². The summed E-state index contributed by atoms with van der Waals surface area (Å²) < 4.78 is 12.7. The van der Waals surface area contributed by atoms with Crippen molar-refractivity contribution < 1.29 is 14.3 Å². The van der Waals surface area contributed by atoms with Gasteiger partial charge in [-0.1, -0.05) is 51.5 Å². The van der Waals surface area contributed by atoms with E-state index in [1.165, 1.54) is 16.7 Å². The summed E-state index contributed by atoms with van der Waals surface area (Å²) in [6.45, 7) is 4.73. The zero-order chi connectivity index (χ0) is 20.3. The Morgan fingerprint density at radius 3 is 2.50 bits per heavy atom. The Morgan fingerprint density at radius 2 is 1.86 bits per heavy atom. The molecule has 0 aromatic heterocycles. The largest absolute Gasteiger partial charge is 0.490 e. The molecule has 0 aliphatic carbocycles.